The van der Waals surface area contributed by atoms with Crippen molar-refractivity contribution in [2.45, 2.75) is 71.1 Å². The Bertz CT molecular complexity index is 761. The van der Waals surface area contributed by atoms with Crippen molar-refractivity contribution in [1.29, 1.82) is 0 Å². The van der Waals surface area contributed by atoms with Gasteiger partial charge in [0.1, 0.15) is 0 Å². The average molecular weight is 325 g/mol. The molecule has 2 fully saturated rings. The molecular formula is C20H27N3O. The summed E-state index contributed by atoms with van der Waals surface area (Å²) in [5, 5.41) is 0. The number of rotatable bonds is 5. The SMILES string of the molecule is Cc1ccc(-n2c(C)cn(CN(C3CCCC3)C3CC3)c2=O)cc1. The van der Waals surface area contributed by atoms with Crippen molar-refractivity contribution in [3.05, 3.63) is 52.2 Å². The van der Waals surface area contributed by atoms with Gasteiger partial charge in [-0.15, -0.1) is 0 Å². The Morgan fingerprint density at radius 2 is 1.62 bits per heavy atom. The molecule has 0 spiro atoms. The maximum absolute atomic E-state index is 13.0. The minimum absolute atomic E-state index is 0.0833. The fourth-order valence-electron chi connectivity index (χ4n) is 4.07. The molecule has 2 saturated carbocycles. The van der Waals surface area contributed by atoms with Crippen molar-refractivity contribution in [2.24, 2.45) is 0 Å². The molecule has 2 aromatic rings. The number of aromatic nitrogens is 2. The first-order chi connectivity index (χ1) is 11.6. The highest BCUT2D eigenvalue weighted by atomic mass is 16.1. The van der Waals surface area contributed by atoms with E-state index in [0.717, 1.165) is 18.1 Å². The van der Waals surface area contributed by atoms with Crippen LogP contribution in [-0.4, -0.2) is 26.1 Å². The molecule has 128 valence electrons. The Morgan fingerprint density at radius 1 is 1.00 bits per heavy atom. The van der Waals surface area contributed by atoms with Gasteiger partial charge in [0, 0.05) is 24.0 Å². The molecular weight excluding hydrogens is 298 g/mol. The molecule has 0 bridgehead atoms. The standard InChI is InChI=1S/C20H27N3O/c1-15-7-9-19(10-8-15)23-16(2)13-21(20(23)24)14-22(18-11-12-18)17-5-3-4-6-17/h7-10,13,17-18H,3-6,11-12,14H2,1-2H3. The predicted molar refractivity (Wildman–Crippen MR) is 96.6 cm³/mol. The quantitative estimate of drug-likeness (QED) is 0.840. The maximum Gasteiger partial charge on any atom is 0.334 e. The lowest BCUT2D eigenvalue weighted by atomic mass is 10.2. The summed E-state index contributed by atoms with van der Waals surface area (Å²) in [5.74, 6) is 0. The molecule has 1 aromatic carbocycles. The van der Waals surface area contributed by atoms with Gasteiger partial charge in [-0.1, -0.05) is 30.5 Å². The van der Waals surface area contributed by atoms with E-state index in [1.54, 1.807) is 0 Å². The zero-order valence-electron chi connectivity index (χ0n) is 14.7. The topological polar surface area (TPSA) is 30.2 Å². The second kappa shape index (κ2) is 6.25. The van der Waals surface area contributed by atoms with Crippen LogP contribution in [0.2, 0.25) is 0 Å². The smallest absolute Gasteiger partial charge is 0.285 e. The van der Waals surface area contributed by atoms with E-state index in [1.165, 1.54) is 44.1 Å². The van der Waals surface area contributed by atoms with Gasteiger partial charge < -0.3 is 0 Å². The molecule has 0 N–H and O–H groups in total. The molecule has 2 aliphatic carbocycles. The first kappa shape index (κ1) is 15.7. The van der Waals surface area contributed by atoms with Gasteiger partial charge in [0.15, 0.2) is 0 Å². The Kier molecular flexibility index (Phi) is 4.09. The van der Waals surface area contributed by atoms with Crippen LogP contribution in [0.5, 0.6) is 0 Å². The van der Waals surface area contributed by atoms with E-state index in [1.807, 2.05) is 34.4 Å². The van der Waals surface area contributed by atoms with Crippen molar-refractivity contribution >= 4 is 0 Å². The molecule has 0 unspecified atom stereocenters. The van der Waals surface area contributed by atoms with Crippen LogP contribution >= 0.6 is 0 Å². The lowest BCUT2D eigenvalue weighted by Crippen LogP contribution is -2.39. The summed E-state index contributed by atoms with van der Waals surface area (Å²) in [6.07, 6.45) is 9.88. The first-order valence-electron chi connectivity index (χ1n) is 9.25. The maximum atomic E-state index is 13.0. The highest BCUT2D eigenvalue weighted by Gasteiger charge is 2.35. The second-order valence-electron chi connectivity index (χ2n) is 7.52. The largest absolute Gasteiger partial charge is 0.334 e. The number of hydrogen-bond donors (Lipinski definition) is 0. The van der Waals surface area contributed by atoms with Crippen LogP contribution in [0.25, 0.3) is 5.69 Å². The summed E-state index contributed by atoms with van der Waals surface area (Å²) < 4.78 is 3.74. The fourth-order valence-corrected chi connectivity index (χ4v) is 4.07. The lowest BCUT2D eigenvalue weighted by molar-refractivity contribution is 0.141. The molecule has 0 radical (unpaired) electrons. The van der Waals surface area contributed by atoms with Crippen molar-refractivity contribution in [1.82, 2.24) is 14.0 Å². The average Bonchev–Trinajstić information content (AvgIpc) is 3.18. The summed E-state index contributed by atoms with van der Waals surface area (Å²) in [7, 11) is 0. The third-order valence-electron chi connectivity index (χ3n) is 5.55. The second-order valence-corrected chi connectivity index (χ2v) is 7.52. The number of nitrogens with zero attached hydrogens (tertiary/aromatic N) is 3. The summed E-state index contributed by atoms with van der Waals surface area (Å²) in [5.41, 5.74) is 3.26. The van der Waals surface area contributed by atoms with Crippen molar-refractivity contribution in [3.8, 4) is 5.69 Å². The van der Waals surface area contributed by atoms with Gasteiger partial charge in [-0.2, -0.15) is 0 Å². The van der Waals surface area contributed by atoms with Crippen LogP contribution in [0.3, 0.4) is 0 Å². The number of imidazole rings is 1. The molecule has 0 atom stereocenters. The summed E-state index contributed by atoms with van der Waals surface area (Å²) >= 11 is 0. The normalized spacial score (nSPS) is 18.6. The Labute approximate surface area is 143 Å². The van der Waals surface area contributed by atoms with Gasteiger partial charge in [0.05, 0.1) is 12.4 Å². The lowest BCUT2D eigenvalue weighted by Gasteiger charge is -2.28. The molecule has 0 aliphatic heterocycles. The van der Waals surface area contributed by atoms with E-state index >= 15 is 0 Å². The van der Waals surface area contributed by atoms with Gasteiger partial charge in [-0.3, -0.25) is 14.0 Å². The van der Waals surface area contributed by atoms with Gasteiger partial charge in [-0.25, -0.2) is 4.79 Å². The van der Waals surface area contributed by atoms with E-state index in [-0.39, 0.29) is 5.69 Å². The van der Waals surface area contributed by atoms with E-state index in [2.05, 4.69) is 24.0 Å². The van der Waals surface area contributed by atoms with Crippen molar-refractivity contribution in [2.75, 3.05) is 0 Å². The van der Waals surface area contributed by atoms with E-state index in [9.17, 15) is 4.79 Å². The highest BCUT2D eigenvalue weighted by molar-refractivity contribution is 5.35. The first-order valence-corrected chi connectivity index (χ1v) is 9.25. The van der Waals surface area contributed by atoms with Gasteiger partial charge in [0.2, 0.25) is 0 Å². The summed E-state index contributed by atoms with van der Waals surface area (Å²) in [6.45, 7) is 4.84. The van der Waals surface area contributed by atoms with Crippen LogP contribution in [-0.2, 0) is 6.67 Å². The number of benzene rings is 1. The molecule has 1 heterocycles. The van der Waals surface area contributed by atoms with Gasteiger partial charge in [-0.05, 0) is 51.7 Å². The van der Waals surface area contributed by atoms with Gasteiger partial charge in [0.25, 0.3) is 0 Å². The number of aryl methyl sites for hydroxylation is 2. The molecule has 0 amide bonds. The van der Waals surface area contributed by atoms with Crippen LogP contribution in [0.1, 0.15) is 49.8 Å². The highest BCUT2D eigenvalue weighted by Crippen LogP contribution is 2.34. The van der Waals surface area contributed by atoms with E-state index in [4.69, 9.17) is 0 Å². The molecule has 24 heavy (non-hydrogen) atoms. The van der Waals surface area contributed by atoms with Crippen LogP contribution < -0.4 is 5.69 Å². The van der Waals surface area contributed by atoms with Gasteiger partial charge >= 0.3 is 5.69 Å². The van der Waals surface area contributed by atoms with Crippen molar-refractivity contribution < 1.29 is 0 Å². The molecule has 4 rings (SSSR count). The Balaban J connectivity index is 1.63. The third-order valence-corrected chi connectivity index (χ3v) is 5.55. The summed E-state index contributed by atoms with van der Waals surface area (Å²) in [4.78, 5) is 15.6. The molecule has 1 aromatic heterocycles. The predicted octanol–water partition coefficient (Wildman–Crippen LogP) is 3.62. The number of hydrogen-bond acceptors (Lipinski definition) is 2. The molecule has 4 nitrogen and oxygen atoms in total. The molecule has 0 saturated heterocycles. The monoisotopic (exact) mass is 325 g/mol. The van der Waals surface area contributed by atoms with Crippen molar-refractivity contribution in [3.63, 3.8) is 0 Å². The minimum Gasteiger partial charge on any atom is -0.285 e. The van der Waals surface area contributed by atoms with E-state index < -0.39 is 0 Å². The van der Waals surface area contributed by atoms with Crippen LogP contribution in [0.15, 0.2) is 35.3 Å². The van der Waals surface area contributed by atoms with Crippen LogP contribution in [0.4, 0.5) is 0 Å². The van der Waals surface area contributed by atoms with Crippen LogP contribution in [0, 0.1) is 13.8 Å². The van der Waals surface area contributed by atoms with E-state index in [0.29, 0.717) is 12.1 Å². The molecule has 4 heteroatoms. The Hall–Kier alpha value is -1.81. The zero-order chi connectivity index (χ0) is 16.7. The molecule has 2 aliphatic rings. The fraction of sp³-hybridized carbons (Fsp3) is 0.550. The summed E-state index contributed by atoms with van der Waals surface area (Å²) in [6, 6.07) is 9.56. The Morgan fingerprint density at radius 3 is 2.25 bits per heavy atom. The minimum atomic E-state index is 0.0833. The zero-order valence-corrected chi connectivity index (χ0v) is 14.7. The third kappa shape index (κ3) is 2.95.